The van der Waals surface area contributed by atoms with Gasteiger partial charge >= 0.3 is 5.56 Å². The Morgan fingerprint density at radius 2 is 1.78 bits per heavy atom. The minimum atomic E-state index is -0.00875. The molecule has 0 atom stereocenters. The van der Waals surface area contributed by atoms with Crippen molar-refractivity contribution in [3.05, 3.63) is 65.1 Å². The lowest BCUT2D eigenvalue weighted by Crippen LogP contribution is -2.38. The number of aromatic nitrogens is 3. The van der Waals surface area contributed by atoms with Crippen molar-refractivity contribution < 1.29 is 4.63 Å². The molecule has 2 aromatic carbocycles. The molecule has 0 aliphatic carbocycles. The van der Waals surface area contributed by atoms with Gasteiger partial charge in [-0.05, 0) is 28.8 Å². The number of nitrogens with one attached hydrogen (secondary N) is 1. The molecule has 4 rings (SSSR count). The number of benzene rings is 2. The molecule has 4 heteroatoms. The first-order valence-corrected chi connectivity index (χ1v) is 5.78. The van der Waals surface area contributed by atoms with Gasteiger partial charge in [0.25, 0.3) is 0 Å². The molecule has 2 aromatic heterocycles. The van der Waals surface area contributed by atoms with Crippen molar-refractivity contribution >= 4 is 21.8 Å². The number of fused-ring (bicyclic) bond motifs is 4. The van der Waals surface area contributed by atoms with Crippen LogP contribution in [0.2, 0.25) is 0 Å². The Bertz CT molecular complexity index is 949. The summed E-state index contributed by atoms with van der Waals surface area (Å²) in [7, 11) is 0. The van der Waals surface area contributed by atoms with E-state index in [1.807, 2.05) is 54.7 Å². The van der Waals surface area contributed by atoms with Crippen molar-refractivity contribution in [2.24, 2.45) is 0 Å². The highest BCUT2D eigenvalue weighted by Gasteiger charge is 2.14. The molecule has 0 fully saturated rings. The van der Waals surface area contributed by atoms with Gasteiger partial charge in [0.15, 0.2) is 0 Å². The number of aromatic amines is 1. The zero-order chi connectivity index (χ0) is 12.1. The van der Waals surface area contributed by atoms with Gasteiger partial charge in [0.05, 0.1) is 10.8 Å². The van der Waals surface area contributed by atoms with Crippen LogP contribution in [0.4, 0.5) is 0 Å². The third kappa shape index (κ3) is 1.09. The first kappa shape index (κ1) is 9.41. The molecule has 4 aromatic rings. The molecular formula is C14H10N3O+. The van der Waals surface area contributed by atoms with Crippen LogP contribution in [0.25, 0.3) is 21.8 Å². The fourth-order valence-electron chi connectivity index (χ4n) is 2.39. The molecule has 0 spiro atoms. The smallest absolute Gasteiger partial charge is 0.263 e. The van der Waals surface area contributed by atoms with Gasteiger partial charge in [-0.15, -0.1) is 5.10 Å². The van der Waals surface area contributed by atoms with E-state index in [2.05, 4.69) is 5.10 Å². The zero-order valence-corrected chi connectivity index (χ0v) is 9.50. The third-order valence-electron chi connectivity index (χ3n) is 3.23. The van der Waals surface area contributed by atoms with Crippen molar-refractivity contribution in [3.63, 3.8) is 0 Å². The van der Waals surface area contributed by atoms with Crippen LogP contribution in [0.15, 0.2) is 59.5 Å². The Hall–Kier alpha value is -2.62. The van der Waals surface area contributed by atoms with Gasteiger partial charge in [-0.3, -0.25) is 4.79 Å². The number of hydrogen-bond donors (Lipinski definition) is 1. The molecule has 4 nitrogen and oxygen atoms in total. The molecule has 86 valence electrons. The number of H-pyrrole nitrogens is 1. The summed E-state index contributed by atoms with van der Waals surface area (Å²) < 4.78 is 3.38. The summed E-state index contributed by atoms with van der Waals surface area (Å²) in [5.74, 6) is 0. The third-order valence-corrected chi connectivity index (χ3v) is 3.23. The highest BCUT2D eigenvalue weighted by molar-refractivity contribution is 5.81. The Labute approximate surface area is 102 Å². The van der Waals surface area contributed by atoms with Gasteiger partial charge in [-0.2, -0.15) is 0 Å². The van der Waals surface area contributed by atoms with E-state index in [-0.39, 0.29) is 5.56 Å². The standard InChI is InChI=1S/C14H9N3O/c18-14-11-6-2-1-5-10(11)9-16-15-12-7-3-4-8-13(12)17(14)16/h1-9H/p+1. The molecule has 2 heterocycles. The van der Waals surface area contributed by atoms with Crippen molar-refractivity contribution in [3.8, 4) is 0 Å². The van der Waals surface area contributed by atoms with Gasteiger partial charge < -0.3 is 0 Å². The van der Waals surface area contributed by atoms with Gasteiger partial charge in [-0.1, -0.05) is 24.3 Å². The summed E-state index contributed by atoms with van der Waals surface area (Å²) in [6.45, 7) is 0. The van der Waals surface area contributed by atoms with E-state index in [1.165, 1.54) is 0 Å². The lowest BCUT2D eigenvalue weighted by molar-refractivity contribution is -0.673. The predicted octanol–water partition coefficient (Wildman–Crippen LogP) is 1.52. The van der Waals surface area contributed by atoms with E-state index in [9.17, 15) is 4.79 Å². The lowest BCUT2D eigenvalue weighted by Gasteiger charge is -1.92. The minimum Gasteiger partial charge on any atom is -0.263 e. The Morgan fingerprint density at radius 1 is 1.00 bits per heavy atom. The second-order valence-electron chi connectivity index (χ2n) is 4.31. The summed E-state index contributed by atoms with van der Waals surface area (Å²) >= 11 is 0. The van der Waals surface area contributed by atoms with Crippen molar-refractivity contribution in [2.75, 3.05) is 0 Å². The van der Waals surface area contributed by atoms with E-state index in [1.54, 1.807) is 9.15 Å². The summed E-state index contributed by atoms with van der Waals surface area (Å²) in [6.07, 6.45) is 1.93. The second-order valence-corrected chi connectivity index (χ2v) is 4.31. The monoisotopic (exact) mass is 236 g/mol. The maximum absolute atomic E-state index is 12.5. The Kier molecular flexibility index (Phi) is 1.67. The normalized spacial score (nSPS) is 11.6. The molecule has 0 saturated heterocycles. The van der Waals surface area contributed by atoms with Crippen LogP contribution >= 0.6 is 0 Å². The summed E-state index contributed by atoms with van der Waals surface area (Å²) in [4.78, 5) is 12.5. The van der Waals surface area contributed by atoms with Crippen LogP contribution < -0.4 is 10.2 Å². The van der Waals surface area contributed by atoms with Crippen LogP contribution in [-0.4, -0.2) is 9.61 Å². The largest absolute Gasteiger partial charge is 0.317 e. The van der Waals surface area contributed by atoms with E-state index in [0.717, 1.165) is 21.8 Å². The topological polar surface area (TPSA) is 41.4 Å². The number of nitrogens with zero attached hydrogens (tertiary/aromatic N) is 2. The molecule has 1 N–H and O–H groups in total. The van der Waals surface area contributed by atoms with E-state index >= 15 is 0 Å². The molecule has 0 bridgehead atoms. The summed E-state index contributed by atoms with van der Waals surface area (Å²) in [6, 6.07) is 15.4. The second kappa shape index (κ2) is 3.20. The van der Waals surface area contributed by atoms with Crippen LogP contribution in [0, 0.1) is 0 Å². The molecule has 0 aliphatic heterocycles. The van der Waals surface area contributed by atoms with Crippen LogP contribution in [0.1, 0.15) is 0 Å². The maximum Gasteiger partial charge on any atom is 0.317 e. The van der Waals surface area contributed by atoms with Gasteiger partial charge in [0.1, 0.15) is 11.0 Å². The summed E-state index contributed by atoms with van der Waals surface area (Å²) in [5, 5.41) is 4.85. The van der Waals surface area contributed by atoms with Crippen molar-refractivity contribution in [1.29, 1.82) is 0 Å². The highest BCUT2D eigenvalue weighted by Crippen LogP contribution is 2.10. The van der Waals surface area contributed by atoms with Crippen LogP contribution in [0.3, 0.4) is 0 Å². The molecule has 0 radical (unpaired) electrons. The van der Waals surface area contributed by atoms with Crippen molar-refractivity contribution in [2.45, 2.75) is 0 Å². The molecular weight excluding hydrogens is 226 g/mol. The average molecular weight is 236 g/mol. The van der Waals surface area contributed by atoms with Crippen LogP contribution in [-0.2, 0) is 0 Å². The van der Waals surface area contributed by atoms with Gasteiger partial charge in [-0.25, -0.2) is 0 Å². The molecule has 0 amide bonds. The number of para-hydroxylation sites is 2. The minimum absolute atomic E-state index is 0.00875. The van der Waals surface area contributed by atoms with Crippen molar-refractivity contribution in [1.82, 2.24) is 9.61 Å². The SMILES string of the molecule is O=c1c2ccccc2c[n+]2[nH]c3ccccc3n12. The maximum atomic E-state index is 12.5. The number of hydrogen-bond acceptors (Lipinski definition) is 1. The number of rotatable bonds is 0. The predicted molar refractivity (Wildman–Crippen MR) is 68.7 cm³/mol. The van der Waals surface area contributed by atoms with Crippen LogP contribution in [0.5, 0.6) is 0 Å². The molecule has 18 heavy (non-hydrogen) atoms. The summed E-state index contributed by atoms with van der Waals surface area (Å²) in [5.41, 5.74) is 1.81. The van der Waals surface area contributed by atoms with Gasteiger partial charge in [0, 0.05) is 4.63 Å². The molecule has 0 aliphatic rings. The Balaban J connectivity index is 2.39. The fourth-order valence-corrected chi connectivity index (χ4v) is 2.39. The van der Waals surface area contributed by atoms with E-state index in [0.29, 0.717) is 0 Å². The van der Waals surface area contributed by atoms with E-state index < -0.39 is 0 Å². The average Bonchev–Trinajstić information content (AvgIpc) is 2.77. The first-order chi connectivity index (χ1) is 8.84. The molecule has 0 saturated carbocycles. The van der Waals surface area contributed by atoms with E-state index in [4.69, 9.17) is 0 Å². The fraction of sp³-hybridized carbons (Fsp3) is 0. The first-order valence-electron chi connectivity index (χ1n) is 5.78. The quantitative estimate of drug-likeness (QED) is 0.462. The van der Waals surface area contributed by atoms with Gasteiger partial charge in [0.2, 0.25) is 6.20 Å². The zero-order valence-electron chi connectivity index (χ0n) is 9.50. The Morgan fingerprint density at radius 3 is 2.72 bits per heavy atom. The molecule has 0 unspecified atom stereocenters. The lowest BCUT2D eigenvalue weighted by atomic mass is 10.2. The highest BCUT2D eigenvalue weighted by atomic mass is 16.1.